The van der Waals surface area contributed by atoms with E-state index < -0.39 is 0 Å². The van der Waals surface area contributed by atoms with E-state index in [0.29, 0.717) is 13.2 Å². The lowest BCUT2D eigenvalue weighted by atomic mass is 9.83. The Bertz CT molecular complexity index is 933. The van der Waals surface area contributed by atoms with Crippen molar-refractivity contribution in [3.8, 4) is 0 Å². The average Bonchev–Trinajstić information content (AvgIpc) is 2.74. The van der Waals surface area contributed by atoms with Crippen LogP contribution in [0.15, 0.2) is 51.1 Å². The van der Waals surface area contributed by atoms with E-state index in [-0.39, 0.29) is 36.3 Å². The molecule has 2 saturated heterocycles. The van der Waals surface area contributed by atoms with Crippen molar-refractivity contribution in [1.29, 1.82) is 0 Å². The zero-order valence-electron chi connectivity index (χ0n) is 18.1. The van der Waals surface area contributed by atoms with Crippen LogP contribution in [0, 0.1) is 11.8 Å². The fraction of sp³-hybridized carbons (Fsp3) is 0.500. The summed E-state index contributed by atoms with van der Waals surface area (Å²) < 4.78 is 25.0. The fourth-order valence-corrected chi connectivity index (χ4v) is 7.64. The highest BCUT2D eigenvalue weighted by Crippen LogP contribution is 2.50. The standard InChI is InChI=1S/C24H24Br6O3/c1-3-17-13(9-31-17)23(11-5-7-15(25)21(29)19(11)27)33-24(14-10-32-18(14)4-2)12-6-8-16(26)22(30)20(12)28/h5-8,13-14,17-18,23-24H,3-4,9-10H2,1-2H3. The molecule has 0 spiro atoms. The molecule has 6 atom stereocenters. The van der Waals surface area contributed by atoms with Gasteiger partial charge in [-0.15, -0.1) is 0 Å². The monoisotopic (exact) mass is 834 g/mol. The van der Waals surface area contributed by atoms with Crippen molar-refractivity contribution in [2.24, 2.45) is 11.8 Å². The third kappa shape index (κ3) is 5.42. The van der Waals surface area contributed by atoms with Crippen LogP contribution in [0.1, 0.15) is 50.0 Å². The predicted molar refractivity (Wildman–Crippen MR) is 153 cm³/mol. The van der Waals surface area contributed by atoms with Gasteiger partial charge in [-0.1, -0.05) is 26.0 Å². The summed E-state index contributed by atoms with van der Waals surface area (Å²) in [4.78, 5) is 0. The maximum atomic E-state index is 7.15. The summed E-state index contributed by atoms with van der Waals surface area (Å²) >= 11 is 22.3. The van der Waals surface area contributed by atoms with Gasteiger partial charge < -0.3 is 14.2 Å². The van der Waals surface area contributed by atoms with Gasteiger partial charge in [0, 0.05) is 38.7 Å². The van der Waals surface area contributed by atoms with E-state index in [1.807, 2.05) is 0 Å². The highest BCUT2D eigenvalue weighted by molar-refractivity contribution is 9.15. The van der Waals surface area contributed by atoms with Crippen molar-refractivity contribution >= 4 is 95.6 Å². The predicted octanol–water partition coefficient (Wildman–Crippen LogP) is 9.91. The molecule has 180 valence electrons. The molecule has 33 heavy (non-hydrogen) atoms. The van der Waals surface area contributed by atoms with Crippen molar-refractivity contribution in [3.63, 3.8) is 0 Å². The molecule has 6 unspecified atom stereocenters. The summed E-state index contributed by atoms with van der Waals surface area (Å²) in [6.45, 7) is 5.74. The molecule has 0 N–H and O–H groups in total. The fourth-order valence-electron chi connectivity index (χ4n) is 4.58. The smallest absolute Gasteiger partial charge is 0.0919 e. The minimum absolute atomic E-state index is 0.125. The zero-order valence-corrected chi connectivity index (χ0v) is 27.6. The maximum Gasteiger partial charge on any atom is 0.0919 e. The Morgan fingerprint density at radius 2 is 1.09 bits per heavy atom. The molecule has 0 aliphatic carbocycles. The molecule has 0 radical (unpaired) electrons. The van der Waals surface area contributed by atoms with Crippen LogP contribution in [0.4, 0.5) is 0 Å². The number of halogens is 6. The van der Waals surface area contributed by atoms with Crippen LogP contribution in [0.2, 0.25) is 0 Å². The first-order valence-corrected chi connectivity index (χ1v) is 15.7. The number of rotatable bonds is 8. The molecule has 0 saturated carbocycles. The highest BCUT2D eigenvalue weighted by Gasteiger charge is 2.45. The van der Waals surface area contributed by atoms with Crippen molar-refractivity contribution in [2.45, 2.75) is 51.1 Å². The Labute approximate surface area is 245 Å². The number of ether oxygens (including phenoxy) is 3. The minimum atomic E-state index is -0.125. The SMILES string of the molecule is CCC1OCC1C(OC(c1ccc(Br)c(Br)c1Br)C1COC1CC)c1ccc(Br)c(Br)c1Br. The van der Waals surface area contributed by atoms with Gasteiger partial charge >= 0.3 is 0 Å². The van der Waals surface area contributed by atoms with Gasteiger partial charge in [-0.2, -0.15) is 0 Å². The summed E-state index contributed by atoms with van der Waals surface area (Å²) in [5.74, 6) is 0.557. The Morgan fingerprint density at radius 3 is 1.39 bits per heavy atom. The Kier molecular flexibility index (Phi) is 9.67. The van der Waals surface area contributed by atoms with Gasteiger partial charge in [-0.3, -0.25) is 0 Å². The quantitative estimate of drug-likeness (QED) is 0.248. The van der Waals surface area contributed by atoms with Crippen molar-refractivity contribution in [1.82, 2.24) is 0 Å². The molecular formula is C24H24Br6O3. The number of benzene rings is 2. The Hall–Kier alpha value is 1.20. The van der Waals surface area contributed by atoms with Gasteiger partial charge in [-0.05, 0) is 132 Å². The molecule has 2 heterocycles. The van der Waals surface area contributed by atoms with Gasteiger partial charge in [-0.25, -0.2) is 0 Å². The third-order valence-corrected chi connectivity index (χ3v) is 13.4. The van der Waals surface area contributed by atoms with Gasteiger partial charge in [0.05, 0.1) is 37.6 Å². The molecule has 4 rings (SSSR count). The molecule has 0 amide bonds. The molecule has 3 nitrogen and oxygen atoms in total. The van der Waals surface area contributed by atoms with E-state index in [4.69, 9.17) is 14.2 Å². The molecule has 2 fully saturated rings. The largest absolute Gasteiger partial charge is 0.377 e. The lowest BCUT2D eigenvalue weighted by Crippen LogP contribution is -2.47. The maximum absolute atomic E-state index is 7.15. The van der Waals surface area contributed by atoms with Crippen LogP contribution in [0.3, 0.4) is 0 Å². The lowest BCUT2D eigenvalue weighted by Gasteiger charge is -2.47. The summed E-state index contributed by atoms with van der Waals surface area (Å²) in [7, 11) is 0. The molecule has 0 aromatic heterocycles. The number of hydrogen-bond acceptors (Lipinski definition) is 3. The molecule has 0 bridgehead atoms. The summed E-state index contributed by atoms with van der Waals surface area (Å²) in [6, 6.07) is 8.44. The molecule has 9 heteroatoms. The second-order valence-electron chi connectivity index (χ2n) is 8.39. The normalized spacial score (nSPS) is 26.4. The van der Waals surface area contributed by atoms with E-state index in [2.05, 4.69) is 134 Å². The topological polar surface area (TPSA) is 27.7 Å². The van der Waals surface area contributed by atoms with Crippen molar-refractivity contribution in [2.75, 3.05) is 13.2 Å². The van der Waals surface area contributed by atoms with E-state index in [1.54, 1.807) is 0 Å². The molecule has 2 aliphatic rings. The van der Waals surface area contributed by atoms with Crippen molar-refractivity contribution < 1.29 is 14.2 Å². The molecule has 2 aliphatic heterocycles. The first-order chi connectivity index (χ1) is 15.8. The molecular weight excluding hydrogens is 816 g/mol. The second-order valence-corrected chi connectivity index (χ2v) is 13.3. The molecule has 2 aromatic carbocycles. The van der Waals surface area contributed by atoms with E-state index in [0.717, 1.165) is 50.8 Å². The van der Waals surface area contributed by atoms with Gasteiger partial charge in [0.25, 0.3) is 0 Å². The van der Waals surface area contributed by atoms with Gasteiger partial charge in [0.1, 0.15) is 0 Å². The lowest BCUT2D eigenvalue weighted by molar-refractivity contribution is -0.226. The Balaban J connectivity index is 1.78. The van der Waals surface area contributed by atoms with Gasteiger partial charge in [0.2, 0.25) is 0 Å². The van der Waals surface area contributed by atoms with Crippen LogP contribution >= 0.6 is 95.6 Å². The van der Waals surface area contributed by atoms with E-state index >= 15 is 0 Å². The summed E-state index contributed by atoms with van der Waals surface area (Å²) in [5, 5.41) is 0. The first-order valence-electron chi connectivity index (χ1n) is 10.9. The second kappa shape index (κ2) is 11.7. The minimum Gasteiger partial charge on any atom is -0.377 e. The van der Waals surface area contributed by atoms with Crippen LogP contribution in [-0.4, -0.2) is 25.4 Å². The first kappa shape index (κ1) is 27.2. The summed E-state index contributed by atoms with van der Waals surface area (Å²) in [6.07, 6.45) is 2.04. The average molecular weight is 840 g/mol. The summed E-state index contributed by atoms with van der Waals surface area (Å²) in [5.41, 5.74) is 2.25. The van der Waals surface area contributed by atoms with Crippen LogP contribution in [0.5, 0.6) is 0 Å². The highest BCUT2D eigenvalue weighted by atomic mass is 79.9. The number of hydrogen-bond donors (Lipinski definition) is 0. The van der Waals surface area contributed by atoms with Gasteiger partial charge in [0.15, 0.2) is 0 Å². The third-order valence-electron chi connectivity index (χ3n) is 6.58. The van der Waals surface area contributed by atoms with Crippen LogP contribution in [-0.2, 0) is 14.2 Å². The van der Waals surface area contributed by atoms with Crippen LogP contribution in [0.25, 0.3) is 0 Å². The van der Waals surface area contributed by atoms with E-state index in [9.17, 15) is 0 Å². The van der Waals surface area contributed by atoms with Crippen molar-refractivity contribution in [3.05, 3.63) is 62.2 Å². The Morgan fingerprint density at radius 1 is 0.697 bits per heavy atom. The van der Waals surface area contributed by atoms with Crippen LogP contribution < -0.4 is 0 Å². The molecule has 2 aromatic rings. The van der Waals surface area contributed by atoms with E-state index in [1.165, 1.54) is 0 Å². The zero-order chi connectivity index (χ0) is 23.9.